The zero-order valence-electron chi connectivity index (χ0n) is 12.7. The number of nitrogens with zero attached hydrogens (tertiary/aromatic N) is 4. The SMILES string of the molecule is CN1CCN(c2ccc(C=C(C#N)C(N)=O)cc2[N+](=O)[O-])CC1. The normalized spacial score (nSPS) is 16.0. The summed E-state index contributed by atoms with van der Waals surface area (Å²) in [7, 11) is 2.01. The van der Waals surface area contributed by atoms with E-state index in [9.17, 15) is 14.9 Å². The first-order valence-corrected chi connectivity index (χ1v) is 7.06. The van der Waals surface area contributed by atoms with Crippen molar-refractivity contribution in [3.05, 3.63) is 39.4 Å². The molecule has 0 radical (unpaired) electrons. The summed E-state index contributed by atoms with van der Waals surface area (Å²) in [4.78, 5) is 26.1. The number of piperazine rings is 1. The maximum Gasteiger partial charge on any atom is 0.293 e. The Morgan fingerprint density at radius 2 is 2.04 bits per heavy atom. The molecule has 8 nitrogen and oxygen atoms in total. The monoisotopic (exact) mass is 315 g/mol. The number of hydrogen-bond acceptors (Lipinski definition) is 6. The predicted molar refractivity (Wildman–Crippen MR) is 85.6 cm³/mol. The number of nitrogens with two attached hydrogens (primary N) is 1. The van der Waals surface area contributed by atoms with Gasteiger partial charge in [-0.15, -0.1) is 0 Å². The Hall–Kier alpha value is -2.92. The third-order valence-corrected chi connectivity index (χ3v) is 3.74. The molecule has 23 heavy (non-hydrogen) atoms. The number of nitro benzene ring substituents is 1. The number of amides is 1. The van der Waals surface area contributed by atoms with E-state index in [-0.39, 0.29) is 11.3 Å². The van der Waals surface area contributed by atoms with Crippen LogP contribution in [0.2, 0.25) is 0 Å². The molecule has 1 saturated heterocycles. The first-order valence-electron chi connectivity index (χ1n) is 7.06. The van der Waals surface area contributed by atoms with Crippen molar-refractivity contribution in [1.29, 1.82) is 5.26 Å². The molecule has 0 saturated carbocycles. The molecular weight excluding hydrogens is 298 g/mol. The molecule has 1 amide bonds. The lowest BCUT2D eigenvalue weighted by Gasteiger charge is -2.33. The van der Waals surface area contributed by atoms with Crippen LogP contribution in [0, 0.1) is 21.4 Å². The number of nitro groups is 1. The Morgan fingerprint density at radius 3 is 2.57 bits per heavy atom. The van der Waals surface area contributed by atoms with Gasteiger partial charge < -0.3 is 15.5 Å². The van der Waals surface area contributed by atoms with Gasteiger partial charge in [0.15, 0.2) is 0 Å². The lowest BCUT2D eigenvalue weighted by atomic mass is 10.1. The van der Waals surface area contributed by atoms with Crippen LogP contribution in [0.4, 0.5) is 11.4 Å². The molecule has 1 heterocycles. The van der Waals surface area contributed by atoms with E-state index >= 15 is 0 Å². The van der Waals surface area contributed by atoms with Crippen LogP contribution in [-0.2, 0) is 4.79 Å². The quantitative estimate of drug-likeness (QED) is 0.379. The van der Waals surface area contributed by atoms with Crippen LogP contribution >= 0.6 is 0 Å². The van der Waals surface area contributed by atoms with Crippen molar-refractivity contribution in [2.75, 3.05) is 38.1 Å². The number of rotatable bonds is 4. The molecule has 1 fully saturated rings. The predicted octanol–water partition coefficient (Wildman–Crippen LogP) is 0.739. The van der Waals surface area contributed by atoms with Gasteiger partial charge in [0.2, 0.25) is 0 Å². The Kier molecular flexibility index (Phi) is 4.93. The Balaban J connectivity index is 2.38. The zero-order chi connectivity index (χ0) is 17.0. The van der Waals surface area contributed by atoms with E-state index in [4.69, 9.17) is 11.0 Å². The molecular formula is C15H17N5O3. The van der Waals surface area contributed by atoms with Crippen molar-refractivity contribution in [2.24, 2.45) is 5.73 Å². The van der Waals surface area contributed by atoms with Gasteiger partial charge in [0.25, 0.3) is 11.6 Å². The largest absolute Gasteiger partial charge is 0.365 e. The van der Waals surface area contributed by atoms with Crippen LogP contribution in [0.15, 0.2) is 23.8 Å². The smallest absolute Gasteiger partial charge is 0.293 e. The average Bonchev–Trinajstić information content (AvgIpc) is 2.53. The highest BCUT2D eigenvalue weighted by Gasteiger charge is 2.22. The van der Waals surface area contributed by atoms with Gasteiger partial charge >= 0.3 is 0 Å². The number of likely N-dealkylation sites (N-methyl/N-ethyl adjacent to an activating group) is 1. The van der Waals surface area contributed by atoms with Gasteiger partial charge in [-0.2, -0.15) is 5.26 Å². The Labute approximate surface area is 133 Å². The van der Waals surface area contributed by atoms with Crippen LogP contribution in [0.1, 0.15) is 5.56 Å². The van der Waals surface area contributed by atoms with Crippen molar-refractivity contribution in [3.8, 4) is 6.07 Å². The number of nitriles is 1. The highest BCUT2D eigenvalue weighted by molar-refractivity contribution is 6.00. The van der Waals surface area contributed by atoms with E-state index in [2.05, 4.69) is 4.90 Å². The fraction of sp³-hybridized carbons (Fsp3) is 0.333. The van der Waals surface area contributed by atoms with E-state index in [1.807, 2.05) is 11.9 Å². The third kappa shape index (κ3) is 3.84. The molecule has 1 aromatic carbocycles. The van der Waals surface area contributed by atoms with Gasteiger partial charge in [-0.05, 0) is 24.8 Å². The van der Waals surface area contributed by atoms with Crippen LogP contribution in [-0.4, -0.2) is 49.0 Å². The summed E-state index contributed by atoms with van der Waals surface area (Å²) in [6, 6.07) is 6.32. The lowest BCUT2D eigenvalue weighted by molar-refractivity contribution is -0.384. The lowest BCUT2D eigenvalue weighted by Crippen LogP contribution is -2.44. The topological polar surface area (TPSA) is 116 Å². The first kappa shape index (κ1) is 16.5. The van der Waals surface area contributed by atoms with Crippen LogP contribution in [0.5, 0.6) is 0 Å². The number of carbonyl (C=O) groups is 1. The molecule has 0 aliphatic carbocycles. The van der Waals surface area contributed by atoms with Crippen LogP contribution < -0.4 is 10.6 Å². The number of carbonyl (C=O) groups excluding carboxylic acids is 1. The number of benzene rings is 1. The zero-order valence-corrected chi connectivity index (χ0v) is 12.7. The average molecular weight is 315 g/mol. The minimum absolute atomic E-state index is 0.0509. The second-order valence-electron chi connectivity index (χ2n) is 5.33. The summed E-state index contributed by atoms with van der Waals surface area (Å²) >= 11 is 0. The fourth-order valence-electron chi connectivity index (χ4n) is 2.42. The van der Waals surface area contributed by atoms with Crippen molar-refractivity contribution in [2.45, 2.75) is 0 Å². The maximum absolute atomic E-state index is 11.4. The van der Waals surface area contributed by atoms with Gasteiger partial charge in [-0.1, -0.05) is 6.07 Å². The Morgan fingerprint density at radius 1 is 1.39 bits per heavy atom. The highest BCUT2D eigenvalue weighted by atomic mass is 16.6. The summed E-state index contributed by atoms with van der Waals surface area (Å²) in [6.07, 6.45) is 1.25. The van der Waals surface area contributed by atoms with E-state index in [0.29, 0.717) is 24.3 Å². The summed E-state index contributed by atoms with van der Waals surface area (Å²) < 4.78 is 0. The summed E-state index contributed by atoms with van der Waals surface area (Å²) in [6.45, 7) is 3.08. The highest BCUT2D eigenvalue weighted by Crippen LogP contribution is 2.30. The molecule has 120 valence electrons. The van der Waals surface area contributed by atoms with Gasteiger partial charge in [-0.25, -0.2) is 0 Å². The molecule has 8 heteroatoms. The van der Waals surface area contributed by atoms with Crippen molar-refractivity contribution < 1.29 is 9.72 Å². The number of hydrogen-bond donors (Lipinski definition) is 1. The summed E-state index contributed by atoms with van der Waals surface area (Å²) in [5.41, 5.74) is 5.71. The number of anilines is 1. The molecule has 0 unspecified atom stereocenters. The third-order valence-electron chi connectivity index (χ3n) is 3.74. The van der Waals surface area contributed by atoms with Crippen molar-refractivity contribution in [1.82, 2.24) is 4.90 Å². The van der Waals surface area contributed by atoms with Gasteiger partial charge in [0.1, 0.15) is 17.3 Å². The van der Waals surface area contributed by atoms with E-state index < -0.39 is 10.8 Å². The number of primary amides is 1. The first-order chi connectivity index (χ1) is 10.9. The van der Waals surface area contributed by atoms with Gasteiger partial charge in [0, 0.05) is 32.2 Å². The Bertz CT molecular complexity index is 700. The van der Waals surface area contributed by atoms with Crippen LogP contribution in [0.25, 0.3) is 6.08 Å². The van der Waals surface area contributed by atoms with Crippen LogP contribution in [0.3, 0.4) is 0 Å². The molecule has 0 spiro atoms. The summed E-state index contributed by atoms with van der Waals surface area (Å²) in [5, 5.41) is 20.2. The van der Waals surface area contributed by atoms with E-state index in [1.54, 1.807) is 18.2 Å². The standard InChI is InChI=1S/C15H17N5O3/c1-18-4-6-19(7-5-18)13-3-2-11(9-14(13)20(22)23)8-12(10-16)15(17)21/h2-3,8-9H,4-7H2,1H3,(H2,17,21). The molecule has 1 aliphatic heterocycles. The maximum atomic E-state index is 11.4. The summed E-state index contributed by atoms with van der Waals surface area (Å²) in [5.74, 6) is -0.863. The molecule has 0 aromatic heterocycles. The van der Waals surface area contributed by atoms with E-state index in [0.717, 1.165) is 13.1 Å². The van der Waals surface area contributed by atoms with Crippen molar-refractivity contribution in [3.63, 3.8) is 0 Å². The minimum Gasteiger partial charge on any atom is -0.365 e. The van der Waals surface area contributed by atoms with E-state index in [1.165, 1.54) is 12.1 Å². The van der Waals surface area contributed by atoms with Crippen molar-refractivity contribution >= 4 is 23.4 Å². The fourth-order valence-corrected chi connectivity index (χ4v) is 2.42. The molecule has 1 aromatic rings. The minimum atomic E-state index is -0.863. The van der Waals surface area contributed by atoms with Gasteiger partial charge in [0.05, 0.1) is 4.92 Å². The molecule has 2 N–H and O–H groups in total. The molecule has 2 rings (SSSR count). The second-order valence-corrected chi connectivity index (χ2v) is 5.33. The second kappa shape index (κ2) is 6.89. The van der Waals surface area contributed by atoms with Gasteiger partial charge in [-0.3, -0.25) is 14.9 Å². The molecule has 0 bridgehead atoms. The molecule has 0 atom stereocenters. The molecule has 1 aliphatic rings.